The molecule has 48 heavy (non-hydrogen) atoms. The molecule has 0 saturated carbocycles. The maximum atomic E-state index is 14.3. The third-order valence-corrected chi connectivity index (χ3v) is 10.4. The van der Waals surface area contributed by atoms with Gasteiger partial charge in [0, 0.05) is 60.9 Å². The van der Waals surface area contributed by atoms with Crippen molar-refractivity contribution in [2.45, 2.75) is 32.7 Å². The van der Waals surface area contributed by atoms with Crippen molar-refractivity contribution >= 4 is 50.5 Å². The maximum absolute atomic E-state index is 14.3. The average Bonchev–Trinajstić information content (AvgIpc) is 3.47. The van der Waals surface area contributed by atoms with Crippen molar-refractivity contribution in [3.8, 4) is 17.2 Å². The number of ketones is 1. The molecular weight excluding hydrogens is 627 g/mol. The monoisotopic (exact) mass is 667 g/mol. The van der Waals surface area contributed by atoms with Gasteiger partial charge in [0.15, 0.2) is 17.3 Å². The van der Waals surface area contributed by atoms with E-state index in [-0.39, 0.29) is 23.7 Å². The average molecular weight is 668 g/mol. The van der Waals surface area contributed by atoms with Crippen LogP contribution in [0.25, 0.3) is 10.1 Å². The maximum Gasteiger partial charge on any atom is 0.242 e. The zero-order chi connectivity index (χ0) is 33.6. The van der Waals surface area contributed by atoms with Gasteiger partial charge in [0.05, 0.1) is 50.0 Å². The van der Waals surface area contributed by atoms with Crippen LogP contribution in [0, 0.1) is 5.41 Å². The van der Waals surface area contributed by atoms with Crippen LogP contribution in [-0.2, 0) is 9.59 Å². The molecule has 1 fully saturated rings. The van der Waals surface area contributed by atoms with E-state index in [0.29, 0.717) is 61.8 Å². The summed E-state index contributed by atoms with van der Waals surface area (Å²) in [4.78, 5) is 34.9. The van der Waals surface area contributed by atoms with E-state index in [0.717, 1.165) is 38.5 Å². The van der Waals surface area contributed by atoms with Gasteiger partial charge in [-0.2, -0.15) is 4.37 Å². The highest BCUT2D eigenvalue weighted by molar-refractivity contribution is 7.13. The largest absolute Gasteiger partial charge is 0.496 e. The highest BCUT2D eigenvalue weighted by atomic mass is 32.1. The van der Waals surface area contributed by atoms with E-state index >= 15 is 0 Å². The van der Waals surface area contributed by atoms with Crippen LogP contribution in [0.1, 0.15) is 38.3 Å². The number of nitrogens with one attached hydrogen (secondary N) is 1. The Bertz CT molecular complexity index is 1910. The second-order valence-electron chi connectivity index (χ2n) is 13.3. The van der Waals surface area contributed by atoms with E-state index in [4.69, 9.17) is 18.6 Å². The van der Waals surface area contributed by atoms with Crippen molar-refractivity contribution in [3.05, 3.63) is 77.5 Å². The zero-order valence-corrected chi connectivity index (χ0v) is 28.9. The normalized spacial score (nSPS) is 19.0. The van der Waals surface area contributed by atoms with Crippen molar-refractivity contribution in [3.63, 3.8) is 0 Å². The van der Waals surface area contributed by atoms with Gasteiger partial charge in [-0.05, 0) is 53.7 Å². The van der Waals surface area contributed by atoms with E-state index in [9.17, 15) is 9.59 Å². The predicted octanol–water partition coefficient (Wildman–Crippen LogP) is 6.29. The first-order valence-electron chi connectivity index (χ1n) is 16.3. The number of allylic oxidation sites excluding steroid dienone is 1. The second-order valence-corrected chi connectivity index (χ2v) is 14.1. The molecule has 1 aromatic heterocycles. The number of anilines is 3. The minimum absolute atomic E-state index is 0.00956. The topological polar surface area (TPSA) is 96.5 Å². The van der Waals surface area contributed by atoms with Gasteiger partial charge >= 0.3 is 0 Å². The van der Waals surface area contributed by atoms with Gasteiger partial charge in [0.25, 0.3) is 0 Å². The highest BCUT2D eigenvalue weighted by Crippen LogP contribution is 2.51. The van der Waals surface area contributed by atoms with Gasteiger partial charge < -0.3 is 34.2 Å². The molecule has 3 aliphatic rings. The number of ether oxygens (including phenoxy) is 3. The minimum atomic E-state index is -0.624. The molecular formula is C37H41N5O5S. The number of para-hydroxylation sites is 2. The molecule has 1 N–H and O–H groups in total. The molecule has 1 atom stereocenters. The van der Waals surface area contributed by atoms with Crippen LogP contribution in [0.5, 0.6) is 17.2 Å². The van der Waals surface area contributed by atoms with Gasteiger partial charge in [-0.15, -0.1) is 0 Å². The fourth-order valence-corrected chi connectivity index (χ4v) is 8.13. The summed E-state index contributed by atoms with van der Waals surface area (Å²) in [5.41, 5.74) is 3.69. The summed E-state index contributed by atoms with van der Waals surface area (Å²) in [6.07, 6.45) is 1.08. The van der Waals surface area contributed by atoms with E-state index in [1.807, 2.05) is 47.4 Å². The van der Waals surface area contributed by atoms with Crippen molar-refractivity contribution in [2.75, 3.05) is 69.2 Å². The number of aromatic nitrogens is 1. The summed E-state index contributed by atoms with van der Waals surface area (Å²) < 4.78 is 23.2. The highest BCUT2D eigenvalue weighted by Gasteiger charge is 2.43. The molecule has 4 aromatic rings. The van der Waals surface area contributed by atoms with Gasteiger partial charge in [-0.25, -0.2) is 0 Å². The van der Waals surface area contributed by atoms with Crippen LogP contribution in [0.3, 0.4) is 0 Å². The third-order valence-electron chi connectivity index (χ3n) is 9.63. The van der Waals surface area contributed by atoms with E-state index in [2.05, 4.69) is 41.1 Å². The predicted molar refractivity (Wildman–Crippen MR) is 190 cm³/mol. The number of piperazine rings is 1. The summed E-state index contributed by atoms with van der Waals surface area (Å²) >= 11 is 1.50. The van der Waals surface area contributed by atoms with Crippen molar-refractivity contribution in [1.29, 1.82) is 0 Å². The van der Waals surface area contributed by atoms with Crippen LogP contribution < -0.4 is 29.3 Å². The molecule has 11 heteroatoms. The van der Waals surface area contributed by atoms with Crippen molar-refractivity contribution < 1.29 is 23.8 Å². The number of Topliss-reactive ketones (excluding diaryl/α,β-unsaturated/α-hetero) is 1. The molecule has 1 aliphatic carbocycles. The Balaban J connectivity index is 1.27. The third kappa shape index (κ3) is 5.70. The van der Waals surface area contributed by atoms with Gasteiger partial charge in [0.1, 0.15) is 11.6 Å². The lowest BCUT2D eigenvalue weighted by Crippen LogP contribution is -2.52. The van der Waals surface area contributed by atoms with Crippen molar-refractivity contribution in [1.82, 2.24) is 9.27 Å². The molecule has 1 amide bonds. The first kappa shape index (κ1) is 31.8. The van der Waals surface area contributed by atoms with Crippen LogP contribution in [0.15, 0.2) is 71.9 Å². The molecule has 0 spiro atoms. The number of carbonyl (C=O) groups is 2. The first-order chi connectivity index (χ1) is 23.2. The number of hydrogen-bond acceptors (Lipinski definition) is 10. The lowest BCUT2D eigenvalue weighted by Gasteiger charge is -2.40. The molecule has 3 heterocycles. The van der Waals surface area contributed by atoms with Gasteiger partial charge in [-0.1, -0.05) is 38.1 Å². The van der Waals surface area contributed by atoms with Crippen LogP contribution >= 0.6 is 11.5 Å². The summed E-state index contributed by atoms with van der Waals surface area (Å²) in [6, 6.07) is 19.3. The van der Waals surface area contributed by atoms with E-state index < -0.39 is 6.04 Å². The Hall–Kier alpha value is -4.77. The summed E-state index contributed by atoms with van der Waals surface area (Å²) in [5, 5.41) is 4.78. The number of nitrogens with zero attached hydrogens (tertiary/aromatic N) is 4. The minimum Gasteiger partial charge on any atom is -0.496 e. The number of carbonyl (C=O) groups excluding carboxylic acids is 2. The van der Waals surface area contributed by atoms with Gasteiger partial charge in [-0.3, -0.25) is 9.59 Å². The van der Waals surface area contributed by atoms with Crippen LogP contribution in [0.4, 0.5) is 17.2 Å². The SMILES string of the molecule is COc1cc(OC)c(C2C3=C(CC(C)(C)CC3=O)Nc3ccccc3N2CC(=O)N2CCN(c3nsc4ccccc34)CC2)cc1OC. The Kier molecular flexibility index (Phi) is 8.41. The molecule has 3 aromatic carbocycles. The molecule has 1 saturated heterocycles. The zero-order valence-electron chi connectivity index (χ0n) is 28.0. The molecule has 0 radical (unpaired) electrons. The quantitative estimate of drug-likeness (QED) is 0.244. The van der Waals surface area contributed by atoms with Gasteiger partial charge in [0.2, 0.25) is 5.91 Å². The van der Waals surface area contributed by atoms with E-state index in [1.165, 1.54) is 11.5 Å². The van der Waals surface area contributed by atoms with Crippen molar-refractivity contribution in [2.24, 2.45) is 5.41 Å². The number of rotatable bonds is 7. The molecule has 10 nitrogen and oxygen atoms in total. The van der Waals surface area contributed by atoms with Crippen LogP contribution in [0.2, 0.25) is 0 Å². The Morgan fingerprint density at radius 2 is 1.60 bits per heavy atom. The first-order valence-corrected chi connectivity index (χ1v) is 17.0. The summed E-state index contributed by atoms with van der Waals surface area (Å²) in [6.45, 7) is 6.82. The second kappa shape index (κ2) is 12.7. The molecule has 0 bridgehead atoms. The lowest BCUT2D eigenvalue weighted by atomic mass is 9.73. The Morgan fingerprint density at radius 3 is 2.35 bits per heavy atom. The summed E-state index contributed by atoms with van der Waals surface area (Å²) in [7, 11) is 4.78. The number of methoxy groups -OCH3 is 3. The summed E-state index contributed by atoms with van der Waals surface area (Å²) in [5.74, 6) is 2.59. The molecule has 250 valence electrons. The number of hydrogen-bond donors (Lipinski definition) is 1. The fraction of sp³-hybridized carbons (Fsp3) is 0.378. The van der Waals surface area contributed by atoms with E-state index in [1.54, 1.807) is 27.4 Å². The number of benzene rings is 3. The number of fused-ring (bicyclic) bond motifs is 2. The molecule has 7 rings (SSSR count). The standard InChI is InChI=1S/C37H41N5O5S/c1-37(2)20-26-34(28(43)21-37)35(24-18-30(46-4)31(47-5)19-29(24)45-3)42(27-12-8-7-11-25(27)38-26)22-33(44)40-14-16-41(17-15-40)36-23-10-6-9-13-32(23)48-39-36/h6-13,18-19,35,38H,14-17,20-22H2,1-5H3. The Morgan fingerprint density at radius 1 is 0.917 bits per heavy atom. The lowest BCUT2D eigenvalue weighted by molar-refractivity contribution is -0.130. The molecule has 1 unspecified atom stereocenters. The van der Waals surface area contributed by atoms with Crippen LogP contribution in [-0.4, -0.2) is 75.0 Å². The smallest absolute Gasteiger partial charge is 0.242 e. The molecule has 2 aliphatic heterocycles. The number of amides is 1. The fourth-order valence-electron chi connectivity index (χ4n) is 7.33. The Labute approximate surface area is 285 Å².